The van der Waals surface area contributed by atoms with Crippen molar-refractivity contribution < 1.29 is 9.59 Å². The van der Waals surface area contributed by atoms with Crippen LogP contribution in [0, 0.1) is 0 Å². The Labute approximate surface area is 176 Å². The summed E-state index contributed by atoms with van der Waals surface area (Å²) in [6.07, 6.45) is 0.547. The highest BCUT2D eigenvalue weighted by molar-refractivity contribution is 8.27. The molecule has 2 aromatic rings. The zero-order chi connectivity index (χ0) is 19.7. The molecule has 0 bridgehead atoms. The molecule has 6 nitrogen and oxygen atoms in total. The fourth-order valence-corrected chi connectivity index (χ4v) is 5.75. The van der Waals surface area contributed by atoms with E-state index < -0.39 is 0 Å². The molecular formula is C19H16N4O2S3. The largest absolute Gasteiger partial charge is 0.334 e. The molecule has 0 aromatic heterocycles. The number of thioether (sulfide) groups is 2. The number of anilines is 3. The number of carbonyl (C=O) groups excluding carboxylic acids is 2. The molecule has 0 radical (unpaired) electrons. The molecule has 2 aliphatic rings. The Kier molecular flexibility index (Phi) is 5.29. The molecule has 0 atom stereocenters. The van der Waals surface area contributed by atoms with E-state index in [4.69, 9.17) is 12.2 Å². The second-order valence-electron chi connectivity index (χ2n) is 5.89. The Hall–Kier alpha value is -2.49. The molecule has 0 aliphatic carbocycles. The summed E-state index contributed by atoms with van der Waals surface area (Å²) in [5.41, 5.74) is 7.56. The normalized spacial score (nSPS) is 18.5. The molecular weight excluding hydrogens is 412 g/mol. The zero-order valence-electron chi connectivity index (χ0n) is 14.8. The van der Waals surface area contributed by atoms with E-state index in [1.807, 2.05) is 18.2 Å². The fraction of sp³-hybridized carbons (Fsp3) is 0.105. The van der Waals surface area contributed by atoms with Crippen LogP contribution in [0.4, 0.5) is 17.1 Å². The molecule has 0 unspecified atom stereocenters. The van der Waals surface area contributed by atoms with Crippen LogP contribution in [0.3, 0.4) is 0 Å². The average molecular weight is 429 g/mol. The smallest absolute Gasteiger partial charge is 0.273 e. The van der Waals surface area contributed by atoms with Crippen LogP contribution in [0.5, 0.6) is 0 Å². The lowest BCUT2D eigenvalue weighted by molar-refractivity contribution is -0.113. The molecule has 0 saturated carbocycles. The highest BCUT2D eigenvalue weighted by atomic mass is 32.2. The molecule has 2 amide bonds. The average Bonchev–Trinajstić information content (AvgIpc) is 3.22. The number of hydrogen-bond donors (Lipinski definition) is 2. The lowest BCUT2D eigenvalue weighted by Gasteiger charge is -2.19. The fourth-order valence-electron chi connectivity index (χ4n) is 3.07. The quantitative estimate of drug-likeness (QED) is 0.324. The van der Waals surface area contributed by atoms with E-state index in [0.29, 0.717) is 27.0 Å². The maximum absolute atomic E-state index is 13.3. The molecule has 2 aromatic carbocycles. The molecule has 2 N–H and O–H groups in total. The minimum atomic E-state index is -0.135. The molecule has 2 heterocycles. The van der Waals surface area contributed by atoms with Gasteiger partial charge in [0.25, 0.3) is 5.91 Å². The Morgan fingerprint density at radius 1 is 1.14 bits per heavy atom. The molecule has 0 spiro atoms. The second kappa shape index (κ2) is 7.86. The third-order valence-electron chi connectivity index (χ3n) is 4.27. The van der Waals surface area contributed by atoms with E-state index in [9.17, 15) is 9.59 Å². The van der Waals surface area contributed by atoms with E-state index in [1.165, 1.54) is 16.7 Å². The highest BCUT2D eigenvalue weighted by Crippen LogP contribution is 2.50. The third kappa shape index (κ3) is 3.25. The van der Waals surface area contributed by atoms with Crippen molar-refractivity contribution in [2.24, 2.45) is 0 Å². The van der Waals surface area contributed by atoms with Gasteiger partial charge in [-0.3, -0.25) is 25.3 Å². The number of hydrazine groups is 1. The number of thiocarbonyl (C=S) groups is 1. The highest BCUT2D eigenvalue weighted by Gasteiger charge is 2.39. The Morgan fingerprint density at radius 2 is 1.96 bits per heavy atom. The van der Waals surface area contributed by atoms with E-state index >= 15 is 0 Å². The van der Waals surface area contributed by atoms with Gasteiger partial charge in [-0.1, -0.05) is 53.9 Å². The van der Waals surface area contributed by atoms with Gasteiger partial charge in [0.2, 0.25) is 6.41 Å². The number of amides is 2. The van der Waals surface area contributed by atoms with Crippen molar-refractivity contribution >= 4 is 69.4 Å². The number of hydrogen-bond acceptors (Lipinski definition) is 7. The van der Waals surface area contributed by atoms with Crippen LogP contribution in [0.1, 0.15) is 6.92 Å². The van der Waals surface area contributed by atoms with Crippen LogP contribution in [-0.4, -0.2) is 23.2 Å². The zero-order valence-corrected chi connectivity index (χ0v) is 17.3. The number of nitrogens with zero attached hydrogens (tertiary/aromatic N) is 2. The van der Waals surface area contributed by atoms with Gasteiger partial charge in [-0.25, -0.2) is 0 Å². The van der Waals surface area contributed by atoms with Gasteiger partial charge >= 0.3 is 0 Å². The van der Waals surface area contributed by atoms with Crippen LogP contribution < -0.4 is 20.7 Å². The number of nitrogens with one attached hydrogen (secondary N) is 2. The van der Waals surface area contributed by atoms with Gasteiger partial charge in [0.05, 0.1) is 17.1 Å². The maximum atomic E-state index is 13.3. The van der Waals surface area contributed by atoms with Crippen LogP contribution in [0.2, 0.25) is 0 Å². The van der Waals surface area contributed by atoms with E-state index in [1.54, 1.807) is 30.0 Å². The first-order chi connectivity index (χ1) is 13.6. The van der Waals surface area contributed by atoms with Crippen molar-refractivity contribution in [1.29, 1.82) is 0 Å². The Bertz CT molecular complexity index is 1010. The van der Waals surface area contributed by atoms with Crippen LogP contribution >= 0.6 is 35.7 Å². The van der Waals surface area contributed by atoms with Crippen molar-refractivity contribution in [3.05, 3.63) is 58.5 Å². The third-order valence-corrected chi connectivity index (χ3v) is 6.94. The summed E-state index contributed by atoms with van der Waals surface area (Å²) in [7, 11) is 0. The number of fused-ring (bicyclic) bond motifs is 1. The summed E-state index contributed by atoms with van der Waals surface area (Å²) in [4.78, 5) is 29.2. The van der Waals surface area contributed by atoms with Crippen LogP contribution in [0.15, 0.2) is 63.4 Å². The lowest BCUT2D eigenvalue weighted by atomic mass is 10.2. The van der Waals surface area contributed by atoms with Crippen LogP contribution in [0.25, 0.3) is 0 Å². The molecule has 9 heteroatoms. The van der Waals surface area contributed by atoms with Gasteiger partial charge in [0.1, 0.15) is 9.93 Å². The SMILES string of the molecule is CCN1C(=C2SC(=S)N(c3cccc(NNC=O)c3)C2=O)Sc2ccccc21. The molecule has 142 valence electrons. The molecule has 2 aliphatic heterocycles. The van der Waals surface area contributed by atoms with Gasteiger partial charge < -0.3 is 4.90 Å². The minimum Gasteiger partial charge on any atom is -0.334 e. The van der Waals surface area contributed by atoms with Crippen molar-refractivity contribution in [3.8, 4) is 0 Å². The van der Waals surface area contributed by atoms with Crippen molar-refractivity contribution in [2.45, 2.75) is 11.8 Å². The van der Waals surface area contributed by atoms with Gasteiger partial charge in [-0.2, -0.15) is 0 Å². The molecule has 28 heavy (non-hydrogen) atoms. The van der Waals surface area contributed by atoms with Crippen LogP contribution in [-0.2, 0) is 9.59 Å². The van der Waals surface area contributed by atoms with Crippen molar-refractivity contribution in [1.82, 2.24) is 5.43 Å². The van der Waals surface area contributed by atoms with Crippen molar-refractivity contribution in [3.63, 3.8) is 0 Å². The number of carbonyl (C=O) groups is 2. The topological polar surface area (TPSA) is 64.7 Å². The number of rotatable bonds is 5. The monoisotopic (exact) mass is 428 g/mol. The van der Waals surface area contributed by atoms with Gasteiger partial charge in [0, 0.05) is 11.4 Å². The predicted molar refractivity (Wildman–Crippen MR) is 119 cm³/mol. The van der Waals surface area contributed by atoms with E-state index in [0.717, 1.165) is 22.2 Å². The van der Waals surface area contributed by atoms with Gasteiger partial charge in [0.15, 0.2) is 4.32 Å². The maximum Gasteiger partial charge on any atom is 0.273 e. The molecule has 4 rings (SSSR count). The first kappa shape index (κ1) is 18.9. The first-order valence-electron chi connectivity index (χ1n) is 8.54. The van der Waals surface area contributed by atoms with E-state index in [2.05, 4.69) is 34.8 Å². The van der Waals surface area contributed by atoms with Crippen molar-refractivity contribution in [2.75, 3.05) is 21.8 Å². The lowest BCUT2D eigenvalue weighted by Crippen LogP contribution is -2.29. The summed E-state index contributed by atoms with van der Waals surface area (Å²) >= 11 is 8.44. The molecule has 1 fully saturated rings. The first-order valence-corrected chi connectivity index (χ1v) is 10.6. The molecule has 1 saturated heterocycles. The van der Waals surface area contributed by atoms with Gasteiger partial charge in [-0.15, -0.1) is 0 Å². The number of benzene rings is 2. The second-order valence-corrected chi connectivity index (χ2v) is 8.57. The summed E-state index contributed by atoms with van der Waals surface area (Å²) in [5, 5.41) is 0.917. The summed E-state index contributed by atoms with van der Waals surface area (Å²) in [6, 6.07) is 15.3. The van der Waals surface area contributed by atoms with E-state index in [-0.39, 0.29) is 5.91 Å². The summed E-state index contributed by atoms with van der Waals surface area (Å²) in [6.45, 7) is 2.83. The Morgan fingerprint density at radius 3 is 2.75 bits per heavy atom. The number of para-hydroxylation sites is 1. The summed E-state index contributed by atoms with van der Waals surface area (Å²) < 4.78 is 0.487. The standard InChI is InChI=1S/C19H16N4O2S3/c1-2-22-14-8-3-4-9-15(14)27-18(22)16-17(25)23(19(26)28-16)13-7-5-6-12(10-13)21-20-11-24/h3-11,21H,2H2,1H3,(H,20,24). The predicted octanol–water partition coefficient (Wildman–Crippen LogP) is 3.93. The van der Waals surface area contributed by atoms with Gasteiger partial charge in [-0.05, 0) is 37.3 Å². The summed E-state index contributed by atoms with van der Waals surface area (Å²) in [5.74, 6) is -0.135. The minimum absolute atomic E-state index is 0.135. The Balaban J connectivity index is 1.69.